The van der Waals surface area contributed by atoms with Crippen molar-refractivity contribution in [3.8, 4) is 0 Å². The van der Waals surface area contributed by atoms with Crippen LogP contribution in [-0.4, -0.2) is 15.2 Å². The molecule has 4 aromatic rings. The summed E-state index contributed by atoms with van der Waals surface area (Å²) in [5.74, 6) is 0. The second kappa shape index (κ2) is 6.21. The smallest absolute Gasteiger partial charge is 0.109 e. The summed E-state index contributed by atoms with van der Waals surface area (Å²) in [6.07, 6.45) is 1.10. The molecule has 0 N–H and O–H groups in total. The highest BCUT2D eigenvalue weighted by molar-refractivity contribution is 6.72. The van der Waals surface area contributed by atoms with E-state index in [2.05, 4.69) is 85.8 Å². The molecule has 109 valence electrons. The number of fused-ring (bicyclic) bond motifs is 2. The lowest BCUT2D eigenvalue weighted by molar-refractivity contribution is 1.16. The van der Waals surface area contributed by atoms with Crippen molar-refractivity contribution >= 4 is 45.6 Å². The van der Waals surface area contributed by atoms with Crippen LogP contribution in [0.5, 0.6) is 0 Å². The summed E-state index contributed by atoms with van der Waals surface area (Å²) in [4.78, 5) is 0. The van der Waals surface area contributed by atoms with Crippen molar-refractivity contribution in [3.05, 3.63) is 84.4 Å². The molecule has 0 aliphatic carbocycles. The Morgan fingerprint density at radius 2 is 1.30 bits per heavy atom. The van der Waals surface area contributed by atoms with Crippen LogP contribution in [0.4, 0.5) is 0 Å². The Kier molecular flexibility index (Phi) is 3.92. The maximum Gasteiger partial charge on any atom is 0.301 e. The van der Waals surface area contributed by atoms with Crippen LogP contribution < -0.4 is 8.85 Å². The molecule has 0 saturated heterocycles. The van der Waals surface area contributed by atoms with Crippen LogP contribution in [0.3, 0.4) is 0 Å². The third kappa shape index (κ3) is 2.68. The molecule has 0 fully saturated rings. The average Bonchev–Trinajstić information content (AvgIpc) is 2.62. The standard InChI is InChI=1S/C12H11.C10H7.Al/c1-2-10-7-8-11-5-3-4-6-12(11)9-10;1-2-6-10-8-4-3-7-9(10)5-1;/h3-8H,2H2,1H3;1-7H;. The third-order valence-corrected chi connectivity index (χ3v) is 6.35. The fraction of sp³-hybridized carbons (Fsp3) is 0.0909. The molecule has 4 rings (SSSR count). The molecule has 1 radical (unpaired) electrons. The normalized spacial score (nSPS) is 11.0. The molecule has 0 nitrogen and oxygen atoms in total. The van der Waals surface area contributed by atoms with Crippen molar-refractivity contribution in [1.29, 1.82) is 0 Å². The zero-order chi connectivity index (χ0) is 15.6. The summed E-state index contributed by atoms with van der Waals surface area (Å²) in [5.41, 5.74) is 1.49. The van der Waals surface area contributed by atoms with E-state index in [1.165, 1.54) is 31.5 Å². The van der Waals surface area contributed by atoms with E-state index < -0.39 is 0 Å². The Labute approximate surface area is 143 Å². The summed E-state index contributed by atoms with van der Waals surface area (Å²) in [7, 11) is 0. The first-order valence-electron chi connectivity index (χ1n) is 8.20. The van der Waals surface area contributed by atoms with Gasteiger partial charge in [0, 0.05) is 0 Å². The molecular weight excluding hydrogens is 291 g/mol. The molecule has 0 aliphatic rings. The lowest BCUT2D eigenvalue weighted by atomic mass is 10.1. The molecule has 0 atom stereocenters. The summed E-state index contributed by atoms with van der Waals surface area (Å²) in [6.45, 7) is 2.26. The Balaban J connectivity index is 1.92. The first-order chi connectivity index (χ1) is 11.4. The fourth-order valence-corrected chi connectivity index (χ4v) is 5.19. The van der Waals surface area contributed by atoms with Crippen LogP contribution in [0.15, 0.2) is 78.9 Å². The summed E-state index contributed by atoms with van der Waals surface area (Å²) in [6, 6.07) is 28.8. The van der Waals surface area contributed by atoms with E-state index in [0.717, 1.165) is 6.42 Å². The van der Waals surface area contributed by atoms with Gasteiger partial charge >= 0.3 is 15.2 Å². The second-order valence-electron chi connectivity index (χ2n) is 5.93. The van der Waals surface area contributed by atoms with Gasteiger partial charge in [-0.15, -0.1) is 8.85 Å². The zero-order valence-electron chi connectivity index (χ0n) is 13.3. The molecule has 0 bridgehead atoms. The molecule has 23 heavy (non-hydrogen) atoms. The van der Waals surface area contributed by atoms with Gasteiger partial charge in [-0.3, -0.25) is 0 Å². The number of aryl methyl sites for hydroxylation is 1. The molecule has 0 aliphatic heterocycles. The van der Waals surface area contributed by atoms with Crippen molar-refractivity contribution in [3.63, 3.8) is 0 Å². The van der Waals surface area contributed by atoms with Gasteiger partial charge in [0.1, 0.15) is 0 Å². The molecular formula is C22H18Al. The minimum Gasteiger partial charge on any atom is -0.109 e. The van der Waals surface area contributed by atoms with Crippen molar-refractivity contribution in [2.75, 3.05) is 0 Å². The quantitative estimate of drug-likeness (QED) is 0.497. The summed E-state index contributed by atoms with van der Waals surface area (Å²) < 4.78 is 3.05. The summed E-state index contributed by atoms with van der Waals surface area (Å²) in [5, 5.41) is 5.53. The van der Waals surface area contributed by atoms with Crippen LogP contribution in [-0.2, 0) is 6.42 Å². The second-order valence-corrected chi connectivity index (χ2v) is 7.41. The Morgan fingerprint density at radius 3 is 2.09 bits per heavy atom. The van der Waals surface area contributed by atoms with E-state index in [1.54, 1.807) is 4.43 Å². The van der Waals surface area contributed by atoms with E-state index in [0.29, 0.717) is 0 Å². The molecule has 0 aromatic heterocycles. The van der Waals surface area contributed by atoms with Gasteiger partial charge in [-0.25, -0.2) is 0 Å². The minimum absolute atomic E-state index is 0.0861. The molecule has 0 amide bonds. The van der Waals surface area contributed by atoms with Crippen LogP contribution in [0.25, 0.3) is 21.5 Å². The van der Waals surface area contributed by atoms with E-state index in [-0.39, 0.29) is 15.2 Å². The van der Waals surface area contributed by atoms with Crippen molar-refractivity contribution < 1.29 is 0 Å². The number of rotatable bonds is 3. The number of hydrogen-bond acceptors (Lipinski definition) is 0. The van der Waals surface area contributed by atoms with Crippen LogP contribution in [0.2, 0.25) is 0 Å². The van der Waals surface area contributed by atoms with E-state index >= 15 is 0 Å². The molecule has 1 heteroatoms. The highest BCUT2D eigenvalue weighted by Gasteiger charge is 2.11. The van der Waals surface area contributed by atoms with Crippen molar-refractivity contribution in [2.45, 2.75) is 13.3 Å². The minimum atomic E-state index is 0.0861. The van der Waals surface area contributed by atoms with Gasteiger partial charge in [0.25, 0.3) is 0 Å². The van der Waals surface area contributed by atoms with Gasteiger partial charge in [-0.05, 0) is 28.0 Å². The maximum atomic E-state index is 2.32. The Bertz CT molecular complexity index is 980. The Hall–Kier alpha value is -2.07. The van der Waals surface area contributed by atoms with Crippen LogP contribution in [0, 0.1) is 0 Å². The number of hydrogen-bond donors (Lipinski definition) is 0. The predicted octanol–water partition coefficient (Wildman–Crippen LogP) is 4.21. The lowest BCUT2D eigenvalue weighted by Gasteiger charge is -2.13. The first kappa shape index (κ1) is 14.5. The van der Waals surface area contributed by atoms with Gasteiger partial charge in [-0.1, -0.05) is 91.3 Å². The maximum absolute atomic E-state index is 2.32. The Morgan fingerprint density at radius 1 is 0.652 bits per heavy atom. The molecule has 0 saturated carbocycles. The zero-order valence-corrected chi connectivity index (χ0v) is 14.4. The molecule has 0 spiro atoms. The average molecular weight is 309 g/mol. The lowest BCUT2D eigenvalue weighted by Crippen LogP contribution is -2.31. The van der Waals surface area contributed by atoms with Crippen LogP contribution in [0.1, 0.15) is 12.5 Å². The van der Waals surface area contributed by atoms with E-state index in [4.69, 9.17) is 0 Å². The highest BCUT2D eigenvalue weighted by Crippen LogP contribution is 2.15. The SMILES string of the molecule is CCc1ccc2ccccc2[c]1[Al][c]1cccc2ccccc12. The predicted molar refractivity (Wildman–Crippen MR) is 102 cm³/mol. The van der Waals surface area contributed by atoms with Gasteiger partial charge in [0.05, 0.1) is 0 Å². The van der Waals surface area contributed by atoms with Crippen molar-refractivity contribution in [1.82, 2.24) is 0 Å². The fourth-order valence-electron chi connectivity index (χ4n) is 3.35. The monoisotopic (exact) mass is 309 g/mol. The van der Waals surface area contributed by atoms with Crippen LogP contribution >= 0.6 is 0 Å². The number of benzene rings is 4. The highest BCUT2D eigenvalue weighted by atomic mass is 27.1. The van der Waals surface area contributed by atoms with Crippen molar-refractivity contribution in [2.24, 2.45) is 0 Å². The molecule has 0 heterocycles. The topological polar surface area (TPSA) is 0 Å². The van der Waals surface area contributed by atoms with Gasteiger partial charge in [0.15, 0.2) is 0 Å². The first-order valence-corrected chi connectivity index (χ1v) is 9.35. The molecule has 4 aromatic carbocycles. The largest absolute Gasteiger partial charge is 0.301 e. The van der Waals surface area contributed by atoms with Gasteiger partial charge in [0.2, 0.25) is 0 Å². The van der Waals surface area contributed by atoms with Gasteiger partial charge in [-0.2, -0.15) is 0 Å². The van der Waals surface area contributed by atoms with Gasteiger partial charge < -0.3 is 0 Å². The third-order valence-electron chi connectivity index (χ3n) is 4.57. The molecule has 0 unspecified atom stereocenters. The summed E-state index contributed by atoms with van der Waals surface area (Å²) >= 11 is 0.0861. The van der Waals surface area contributed by atoms with E-state index in [9.17, 15) is 0 Å². The van der Waals surface area contributed by atoms with E-state index in [1.807, 2.05) is 0 Å².